The van der Waals surface area contributed by atoms with Crippen LogP contribution in [0.5, 0.6) is 5.75 Å². The number of aliphatic hydroxyl groups is 1. The molecule has 1 heterocycles. The van der Waals surface area contributed by atoms with Gasteiger partial charge in [0.2, 0.25) is 5.91 Å². The lowest BCUT2D eigenvalue weighted by molar-refractivity contribution is -0.118. The van der Waals surface area contributed by atoms with E-state index < -0.39 is 0 Å². The van der Waals surface area contributed by atoms with E-state index in [9.17, 15) is 19.4 Å². The average Bonchev–Trinajstić information content (AvgIpc) is 3.22. The molecule has 3 aromatic rings. The zero-order valence-electron chi connectivity index (χ0n) is 17.6. The van der Waals surface area contributed by atoms with Crippen molar-refractivity contribution < 1.29 is 19.4 Å². The third-order valence-electron chi connectivity index (χ3n) is 5.72. The van der Waals surface area contributed by atoms with Crippen LogP contribution in [0.15, 0.2) is 53.9 Å². The molecule has 0 bridgehead atoms. The average molecular weight is 456 g/mol. The molecule has 0 aliphatic heterocycles. The Morgan fingerprint density at radius 1 is 1.16 bits per heavy atom. The zero-order chi connectivity index (χ0) is 22.5. The minimum Gasteiger partial charge on any atom is -0.508 e. The Balaban J connectivity index is 1.43. The summed E-state index contributed by atoms with van der Waals surface area (Å²) in [6.07, 6.45) is 2.80. The van der Waals surface area contributed by atoms with Crippen LogP contribution in [-0.2, 0) is 11.3 Å². The SMILES string of the molecule is O=C(CN(Cc1cccc(O)c1)C1CCC(O)CC1)Nc1nc(-c2ccc(F)cc2)cs1. The van der Waals surface area contributed by atoms with Gasteiger partial charge in [0.25, 0.3) is 0 Å². The lowest BCUT2D eigenvalue weighted by Gasteiger charge is -2.35. The van der Waals surface area contributed by atoms with E-state index in [4.69, 9.17) is 0 Å². The quantitative estimate of drug-likeness (QED) is 0.492. The van der Waals surface area contributed by atoms with Gasteiger partial charge in [0.05, 0.1) is 18.3 Å². The zero-order valence-corrected chi connectivity index (χ0v) is 18.4. The highest BCUT2D eigenvalue weighted by Crippen LogP contribution is 2.27. The number of hydrogen-bond donors (Lipinski definition) is 3. The smallest absolute Gasteiger partial charge is 0.240 e. The van der Waals surface area contributed by atoms with Gasteiger partial charge in [0.1, 0.15) is 11.6 Å². The summed E-state index contributed by atoms with van der Waals surface area (Å²) in [6, 6.07) is 13.3. The number of benzene rings is 2. The third-order valence-corrected chi connectivity index (χ3v) is 6.47. The highest BCUT2D eigenvalue weighted by molar-refractivity contribution is 7.14. The Bertz CT molecular complexity index is 1050. The molecule has 8 heteroatoms. The topological polar surface area (TPSA) is 85.7 Å². The molecule has 1 aliphatic carbocycles. The van der Waals surface area contributed by atoms with Crippen molar-refractivity contribution >= 4 is 22.4 Å². The first-order valence-corrected chi connectivity index (χ1v) is 11.6. The van der Waals surface area contributed by atoms with E-state index in [2.05, 4.69) is 15.2 Å². The molecule has 4 rings (SSSR count). The predicted molar refractivity (Wildman–Crippen MR) is 123 cm³/mol. The second-order valence-electron chi connectivity index (χ2n) is 8.13. The molecule has 1 fully saturated rings. The summed E-state index contributed by atoms with van der Waals surface area (Å²) in [5.41, 5.74) is 2.40. The van der Waals surface area contributed by atoms with Gasteiger partial charge in [0.15, 0.2) is 5.13 Å². The van der Waals surface area contributed by atoms with Crippen LogP contribution in [0.3, 0.4) is 0 Å². The number of carbonyl (C=O) groups excluding carboxylic acids is 1. The first-order valence-electron chi connectivity index (χ1n) is 10.7. The van der Waals surface area contributed by atoms with Crippen molar-refractivity contribution in [3.63, 3.8) is 0 Å². The van der Waals surface area contributed by atoms with Crippen molar-refractivity contribution in [2.24, 2.45) is 0 Å². The molecule has 6 nitrogen and oxygen atoms in total. The van der Waals surface area contributed by atoms with E-state index in [-0.39, 0.29) is 36.2 Å². The van der Waals surface area contributed by atoms with Crippen LogP contribution in [0.4, 0.5) is 9.52 Å². The predicted octanol–water partition coefficient (Wildman–Crippen LogP) is 4.40. The van der Waals surface area contributed by atoms with Crippen molar-refractivity contribution in [1.82, 2.24) is 9.88 Å². The fraction of sp³-hybridized carbons (Fsp3) is 0.333. The maximum Gasteiger partial charge on any atom is 0.240 e. The van der Waals surface area contributed by atoms with Crippen molar-refractivity contribution in [2.75, 3.05) is 11.9 Å². The van der Waals surface area contributed by atoms with E-state index >= 15 is 0 Å². The second-order valence-corrected chi connectivity index (χ2v) is 8.99. The number of phenols is 1. The first kappa shape index (κ1) is 22.4. The van der Waals surface area contributed by atoms with Gasteiger partial charge in [-0.25, -0.2) is 9.37 Å². The van der Waals surface area contributed by atoms with Gasteiger partial charge in [-0.3, -0.25) is 9.69 Å². The standard InChI is InChI=1S/C24H26FN3O3S/c25-18-6-4-17(5-7-18)22-15-32-24(26-22)27-23(31)14-28(19-8-10-20(29)11-9-19)13-16-2-1-3-21(30)12-16/h1-7,12,15,19-20,29-30H,8-11,13-14H2,(H,26,27,31). The first-order chi connectivity index (χ1) is 15.5. The number of aromatic hydroxyl groups is 1. The number of rotatable bonds is 7. The van der Waals surface area contributed by atoms with E-state index in [0.29, 0.717) is 17.4 Å². The Morgan fingerprint density at radius 3 is 2.62 bits per heavy atom. The third kappa shape index (κ3) is 5.91. The van der Waals surface area contributed by atoms with Crippen molar-refractivity contribution in [1.29, 1.82) is 0 Å². The van der Waals surface area contributed by atoms with E-state index in [1.165, 1.54) is 23.5 Å². The highest BCUT2D eigenvalue weighted by atomic mass is 32.1. The Morgan fingerprint density at radius 2 is 1.91 bits per heavy atom. The molecule has 2 aromatic carbocycles. The number of hydrogen-bond acceptors (Lipinski definition) is 6. The summed E-state index contributed by atoms with van der Waals surface area (Å²) >= 11 is 1.32. The molecule has 0 atom stereocenters. The Hall–Kier alpha value is -2.81. The van der Waals surface area contributed by atoms with Gasteiger partial charge in [-0.15, -0.1) is 11.3 Å². The van der Waals surface area contributed by atoms with Crippen LogP contribution >= 0.6 is 11.3 Å². The number of nitrogens with one attached hydrogen (secondary N) is 1. The van der Waals surface area contributed by atoms with Gasteiger partial charge in [-0.2, -0.15) is 0 Å². The summed E-state index contributed by atoms with van der Waals surface area (Å²) in [6.45, 7) is 0.711. The summed E-state index contributed by atoms with van der Waals surface area (Å²) in [7, 11) is 0. The number of thiazole rings is 1. The van der Waals surface area contributed by atoms with E-state index in [1.807, 2.05) is 11.4 Å². The van der Waals surface area contributed by atoms with Crippen LogP contribution in [0.2, 0.25) is 0 Å². The second kappa shape index (κ2) is 10.2. The van der Waals surface area contributed by atoms with Gasteiger partial charge in [-0.05, 0) is 67.6 Å². The molecule has 0 saturated heterocycles. The summed E-state index contributed by atoms with van der Waals surface area (Å²) in [5, 5.41) is 24.9. The minimum atomic E-state index is -0.306. The number of nitrogens with zero attached hydrogens (tertiary/aromatic N) is 2. The summed E-state index contributed by atoms with van der Waals surface area (Å²) in [5.74, 6) is -0.280. The van der Waals surface area contributed by atoms with Crippen molar-refractivity contribution in [3.05, 3.63) is 65.3 Å². The number of phenolic OH excluding ortho intramolecular Hbond substituents is 1. The van der Waals surface area contributed by atoms with Crippen LogP contribution in [0, 0.1) is 5.82 Å². The van der Waals surface area contributed by atoms with E-state index in [1.54, 1.807) is 30.3 Å². The number of amides is 1. The molecule has 32 heavy (non-hydrogen) atoms. The molecular weight excluding hydrogens is 429 g/mol. The molecule has 1 aromatic heterocycles. The maximum absolute atomic E-state index is 13.1. The Labute approximate surface area is 190 Å². The highest BCUT2D eigenvalue weighted by Gasteiger charge is 2.26. The fourth-order valence-corrected chi connectivity index (χ4v) is 4.79. The normalized spacial score (nSPS) is 18.6. The molecule has 168 valence electrons. The number of aromatic nitrogens is 1. The monoisotopic (exact) mass is 455 g/mol. The number of halogens is 1. The number of anilines is 1. The Kier molecular flexibility index (Phi) is 7.14. The number of aliphatic hydroxyl groups excluding tert-OH is 1. The van der Waals surface area contributed by atoms with Crippen molar-refractivity contribution in [2.45, 2.75) is 44.4 Å². The van der Waals surface area contributed by atoms with Gasteiger partial charge in [-0.1, -0.05) is 12.1 Å². The molecule has 1 saturated carbocycles. The lowest BCUT2D eigenvalue weighted by Crippen LogP contribution is -2.42. The molecule has 3 N–H and O–H groups in total. The van der Waals surface area contributed by atoms with Crippen LogP contribution in [0.25, 0.3) is 11.3 Å². The molecule has 0 spiro atoms. The molecule has 1 aliphatic rings. The molecular formula is C24H26FN3O3S. The molecule has 1 amide bonds. The lowest BCUT2D eigenvalue weighted by atomic mass is 9.91. The van der Waals surface area contributed by atoms with Gasteiger partial charge >= 0.3 is 0 Å². The van der Waals surface area contributed by atoms with Gasteiger partial charge < -0.3 is 15.5 Å². The van der Waals surface area contributed by atoms with Gasteiger partial charge in [0, 0.05) is 23.5 Å². The van der Waals surface area contributed by atoms with Crippen molar-refractivity contribution in [3.8, 4) is 17.0 Å². The molecule has 0 unspecified atom stereocenters. The largest absolute Gasteiger partial charge is 0.508 e. The summed E-state index contributed by atoms with van der Waals surface area (Å²) in [4.78, 5) is 19.4. The van der Waals surface area contributed by atoms with Crippen LogP contribution in [-0.4, -0.2) is 44.7 Å². The maximum atomic E-state index is 13.1. The van der Waals surface area contributed by atoms with Crippen LogP contribution in [0.1, 0.15) is 31.2 Å². The fourth-order valence-electron chi connectivity index (χ4n) is 4.05. The minimum absolute atomic E-state index is 0.170. The van der Waals surface area contributed by atoms with Crippen LogP contribution < -0.4 is 5.32 Å². The molecule has 0 radical (unpaired) electrons. The number of carbonyl (C=O) groups is 1. The summed E-state index contributed by atoms with van der Waals surface area (Å²) < 4.78 is 13.1. The van der Waals surface area contributed by atoms with E-state index in [0.717, 1.165) is 36.8 Å².